The molecule has 0 spiro atoms. The summed E-state index contributed by atoms with van der Waals surface area (Å²) < 4.78 is 27.8. The lowest BCUT2D eigenvalue weighted by atomic mass is 9.98. The van der Waals surface area contributed by atoms with Crippen LogP contribution in [0.3, 0.4) is 0 Å². The molecular formula is C16H25NO3S. The fraction of sp³-hybridized carbons (Fsp3) is 0.625. The van der Waals surface area contributed by atoms with Crippen molar-refractivity contribution >= 4 is 10.0 Å². The van der Waals surface area contributed by atoms with Gasteiger partial charge in [0.15, 0.2) is 0 Å². The largest absolute Gasteiger partial charge is 0.396 e. The molecule has 0 bridgehead atoms. The topological polar surface area (TPSA) is 66.4 Å². The van der Waals surface area contributed by atoms with Crippen molar-refractivity contribution in [2.45, 2.75) is 56.4 Å². The van der Waals surface area contributed by atoms with Gasteiger partial charge in [-0.1, -0.05) is 38.3 Å². The van der Waals surface area contributed by atoms with Crippen LogP contribution in [0.15, 0.2) is 29.2 Å². The molecule has 1 aromatic carbocycles. The summed E-state index contributed by atoms with van der Waals surface area (Å²) in [6.45, 7) is 2.20. The average Bonchev–Trinajstić information content (AvgIpc) is 2.65. The zero-order valence-electron chi connectivity index (χ0n) is 12.6. The van der Waals surface area contributed by atoms with Gasteiger partial charge < -0.3 is 5.11 Å². The van der Waals surface area contributed by atoms with E-state index in [9.17, 15) is 8.42 Å². The Kier molecular flexibility index (Phi) is 5.79. The molecule has 1 aliphatic rings. The number of hydrogen-bond acceptors (Lipinski definition) is 3. The molecule has 0 saturated heterocycles. The highest BCUT2D eigenvalue weighted by Gasteiger charge is 2.25. The van der Waals surface area contributed by atoms with Crippen molar-refractivity contribution in [1.29, 1.82) is 0 Å². The zero-order valence-corrected chi connectivity index (χ0v) is 13.4. The van der Waals surface area contributed by atoms with Gasteiger partial charge in [0.05, 0.1) is 4.90 Å². The molecule has 0 amide bonds. The zero-order chi connectivity index (χ0) is 15.3. The molecule has 21 heavy (non-hydrogen) atoms. The van der Waals surface area contributed by atoms with Gasteiger partial charge in [-0.05, 0) is 42.9 Å². The maximum atomic E-state index is 12.5. The van der Waals surface area contributed by atoms with E-state index in [1.807, 2.05) is 0 Å². The molecule has 1 aliphatic carbocycles. The van der Waals surface area contributed by atoms with Crippen molar-refractivity contribution in [2.75, 3.05) is 6.61 Å². The van der Waals surface area contributed by atoms with Crippen LogP contribution in [0, 0.1) is 5.92 Å². The predicted molar refractivity (Wildman–Crippen MR) is 83.6 cm³/mol. The third kappa shape index (κ3) is 4.53. The minimum atomic E-state index is -3.45. The van der Waals surface area contributed by atoms with Crippen molar-refractivity contribution in [1.82, 2.24) is 4.72 Å². The van der Waals surface area contributed by atoms with Crippen molar-refractivity contribution in [3.8, 4) is 0 Å². The first-order chi connectivity index (χ1) is 10.0. The molecule has 0 radical (unpaired) electrons. The second kappa shape index (κ2) is 7.38. The van der Waals surface area contributed by atoms with Crippen molar-refractivity contribution in [2.24, 2.45) is 5.92 Å². The summed E-state index contributed by atoms with van der Waals surface area (Å²) in [4.78, 5) is 0.306. The average molecular weight is 311 g/mol. The minimum absolute atomic E-state index is 0.0367. The smallest absolute Gasteiger partial charge is 0.240 e. The van der Waals surface area contributed by atoms with Gasteiger partial charge >= 0.3 is 0 Å². The predicted octanol–water partition coefficient (Wildman–Crippen LogP) is 2.47. The van der Waals surface area contributed by atoms with E-state index in [2.05, 4.69) is 11.6 Å². The van der Waals surface area contributed by atoms with Crippen LogP contribution in [0.1, 0.15) is 44.6 Å². The van der Waals surface area contributed by atoms with Gasteiger partial charge in [-0.15, -0.1) is 0 Å². The molecule has 1 saturated carbocycles. The number of rotatable bonds is 5. The number of sulfonamides is 1. The maximum Gasteiger partial charge on any atom is 0.240 e. The summed E-state index contributed by atoms with van der Waals surface area (Å²) >= 11 is 0. The highest BCUT2D eigenvalue weighted by molar-refractivity contribution is 7.89. The molecule has 2 N–H and O–H groups in total. The van der Waals surface area contributed by atoms with E-state index in [0.717, 1.165) is 24.8 Å². The van der Waals surface area contributed by atoms with Gasteiger partial charge in [-0.25, -0.2) is 13.1 Å². The normalized spacial score (nSPS) is 23.7. The Morgan fingerprint density at radius 1 is 1.14 bits per heavy atom. The molecule has 4 nitrogen and oxygen atoms in total. The van der Waals surface area contributed by atoms with E-state index in [1.54, 1.807) is 24.3 Å². The number of aliphatic hydroxyl groups excluding tert-OH is 1. The van der Waals surface area contributed by atoms with Gasteiger partial charge in [0.1, 0.15) is 0 Å². The quantitative estimate of drug-likeness (QED) is 0.821. The van der Waals surface area contributed by atoms with E-state index in [0.29, 0.717) is 17.2 Å². The summed E-state index contributed by atoms with van der Waals surface area (Å²) in [6, 6.07) is 6.81. The molecule has 5 heteroatoms. The second-order valence-corrected chi connectivity index (χ2v) is 7.67. The fourth-order valence-corrected chi connectivity index (χ4v) is 4.28. The third-order valence-electron chi connectivity index (χ3n) is 4.30. The van der Waals surface area contributed by atoms with Gasteiger partial charge in [-0.3, -0.25) is 0 Å². The Hall–Kier alpha value is -0.910. The van der Waals surface area contributed by atoms with Crippen LogP contribution < -0.4 is 4.72 Å². The second-order valence-electron chi connectivity index (χ2n) is 5.96. The minimum Gasteiger partial charge on any atom is -0.396 e. The molecule has 118 valence electrons. The number of aliphatic hydroxyl groups is 1. The highest BCUT2D eigenvalue weighted by Crippen LogP contribution is 2.24. The van der Waals surface area contributed by atoms with Gasteiger partial charge in [0.2, 0.25) is 10.0 Å². The lowest BCUT2D eigenvalue weighted by molar-refractivity contribution is 0.299. The first-order valence-corrected chi connectivity index (χ1v) is 9.23. The van der Waals surface area contributed by atoms with Crippen LogP contribution in [0.25, 0.3) is 0 Å². The number of hydrogen-bond donors (Lipinski definition) is 2. The van der Waals surface area contributed by atoms with Gasteiger partial charge in [0, 0.05) is 12.6 Å². The van der Waals surface area contributed by atoms with Crippen LogP contribution in [0.4, 0.5) is 0 Å². The lowest BCUT2D eigenvalue weighted by Crippen LogP contribution is -2.38. The number of benzene rings is 1. The van der Waals surface area contributed by atoms with E-state index in [4.69, 9.17) is 5.11 Å². The third-order valence-corrected chi connectivity index (χ3v) is 5.81. The first kappa shape index (κ1) is 16.5. The van der Waals surface area contributed by atoms with E-state index < -0.39 is 10.0 Å². The fourth-order valence-electron chi connectivity index (χ4n) is 2.90. The molecule has 2 atom stereocenters. The van der Waals surface area contributed by atoms with Crippen molar-refractivity contribution in [3.05, 3.63) is 29.8 Å². The lowest BCUT2D eigenvalue weighted by Gasteiger charge is -2.22. The standard InChI is InChI=1S/C16H25NO3S/c1-13-5-3-2-4-6-16(13)17-21(19,20)15-9-7-14(8-10-15)11-12-18/h7-10,13,16-18H,2-6,11-12H2,1H3. The van der Waals surface area contributed by atoms with E-state index in [1.165, 1.54) is 12.8 Å². The molecule has 2 rings (SSSR count). The summed E-state index contributed by atoms with van der Waals surface area (Å²) in [5.41, 5.74) is 0.944. The summed E-state index contributed by atoms with van der Waals surface area (Å²) in [5.74, 6) is 0.385. The van der Waals surface area contributed by atoms with Crippen molar-refractivity contribution < 1.29 is 13.5 Å². The van der Waals surface area contributed by atoms with Gasteiger partial charge in [-0.2, -0.15) is 0 Å². The Morgan fingerprint density at radius 2 is 1.81 bits per heavy atom. The Balaban J connectivity index is 2.09. The molecule has 1 aromatic rings. The van der Waals surface area contributed by atoms with E-state index in [-0.39, 0.29) is 12.6 Å². The Labute approximate surface area is 127 Å². The first-order valence-electron chi connectivity index (χ1n) is 7.75. The SMILES string of the molecule is CC1CCCCCC1NS(=O)(=O)c1ccc(CCO)cc1. The molecular weight excluding hydrogens is 286 g/mol. The molecule has 0 aromatic heterocycles. The molecule has 0 aliphatic heterocycles. The van der Waals surface area contributed by atoms with Crippen molar-refractivity contribution in [3.63, 3.8) is 0 Å². The van der Waals surface area contributed by atoms with Crippen LogP contribution in [-0.4, -0.2) is 26.2 Å². The molecule has 1 fully saturated rings. The monoisotopic (exact) mass is 311 g/mol. The molecule has 2 unspecified atom stereocenters. The van der Waals surface area contributed by atoms with Gasteiger partial charge in [0.25, 0.3) is 0 Å². The molecule has 0 heterocycles. The Bertz CT molecular complexity index is 539. The van der Waals surface area contributed by atoms with Crippen LogP contribution >= 0.6 is 0 Å². The maximum absolute atomic E-state index is 12.5. The summed E-state index contributed by atoms with van der Waals surface area (Å²) in [6.07, 6.45) is 6.03. The highest BCUT2D eigenvalue weighted by atomic mass is 32.2. The van der Waals surface area contributed by atoms with Crippen LogP contribution in [0.2, 0.25) is 0 Å². The Morgan fingerprint density at radius 3 is 2.48 bits per heavy atom. The summed E-state index contributed by atoms with van der Waals surface area (Å²) in [7, 11) is -3.45. The summed E-state index contributed by atoms with van der Waals surface area (Å²) in [5, 5.41) is 8.89. The van der Waals surface area contributed by atoms with Crippen LogP contribution in [-0.2, 0) is 16.4 Å². The number of nitrogens with one attached hydrogen (secondary N) is 1. The van der Waals surface area contributed by atoms with E-state index >= 15 is 0 Å². The van der Waals surface area contributed by atoms with Crippen LogP contribution in [0.5, 0.6) is 0 Å².